The Balaban J connectivity index is 1.57. The van der Waals surface area contributed by atoms with Gasteiger partial charge in [0.05, 0.1) is 26.0 Å². The molecule has 0 fully saturated rings. The second-order valence-electron chi connectivity index (χ2n) is 9.60. The highest BCUT2D eigenvalue weighted by Gasteiger charge is 2.42. The summed E-state index contributed by atoms with van der Waals surface area (Å²) in [6.07, 6.45) is 0.468. The molecular weight excluding hydrogens is 412 g/mol. The smallest absolute Gasteiger partial charge is 0.214 e. The molecule has 0 aromatic heterocycles. The Labute approximate surface area is 195 Å². The van der Waals surface area contributed by atoms with Crippen molar-refractivity contribution in [1.82, 2.24) is 5.01 Å². The van der Waals surface area contributed by atoms with Crippen LogP contribution in [0.5, 0.6) is 17.2 Å². The first-order valence-electron chi connectivity index (χ1n) is 11.3. The van der Waals surface area contributed by atoms with E-state index in [0.29, 0.717) is 0 Å². The zero-order valence-electron chi connectivity index (χ0n) is 19.8. The molecule has 33 heavy (non-hydrogen) atoms. The summed E-state index contributed by atoms with van der Waals surface area (Å²) in [5, 5.41) is 7.17. The van der Waals surface area contributed by atoms with Crippen LogP contribution in [0.3, 0.4) is 0 Å². The molecule has 0 saturated heterocycles. The molecule has 170 valence electrons. The van der Waals surface area contributed by atoms with Crippen LogP contribution in [0.2, 0.25) is 0 Å². The number of ether oxygens (including phenoxy) is 3. The van der Waals surface area contributed by atoms with E-state index in [1.54, 1.807) is 14.2 Å². The van der Waals surface area contributed by atoms with Crippen LogP contribution in [0, 0.1) is 0 Å². The van der Waals surface area contributed by atoms with Gasteiger partial charge in [-0.3, -0.25) is 0 Å². The predicted octanol–water partition coefficient (Wildman–Crippen LogP) is 6.24. The molecule has 0 spiro atoms. The topological polar surface area (TPSA) is 43.3 Å². The van der Waals surface area contributed by atoms with Crippen LogP contribution in [0.15, 0.2) is 71.8 Å². The van der Waals surface area contributed by atoms with Crippen molar-refractivity contribution >= 4 is 5.71 Å². The van der Waals surface area contributed by atoms with Crippen LogP contribution in [0.4, 0.5) is 0 Å². The first-order valence-corrected chi connectivity index (χ1v) is 11.3. The lowest BCUT2D eigenvalue weighted by atomic mass is 9.86. The number of fused-ring (bicyclic) bond motifs is 3. The Kier molecular flexibility index (Phi) is 5.28. The van der Waals surface area contributed by atoms with E-state index >= 15 is 0 Å². The third-order valence-electron chi connectivity index (χ3n) is 6.49. The summed E-state index contributed by atoms with van der Waals surface area (Å²) in [6, 6.07) is 22.9. The molecule has 0 bridgehead atoms. The van der Waals surface area contributed by atoms with Gasteiger partial charge in [0.25, 0.3) is 0 Å². The van der Waals surface area contributed by atoms with Crippen molar-refractivity contribution in [2.45, 2.75) is 44.9 Å². The number of hydrogen-bond donors (Lipinski definition) is 0. The standard InChI is InChI=1S/C28H30N2O3/c1-28(2,3)20-13-9-19(10-14-20)27-30-24(22-7-6-8-25(32-5)26(22)33-27)17-23(29-30)18-11-15-21(31-4)16-12-18/h6-16,24,27H,17H2,1-5H3/t24-,27-/m0/s1. The highest BCUT2D eigenvalue weighted by molar-refractivity contribution is 6.02. The van der Waals surface area contributed by atoms with Gasteiger partial charge in [0.2, 0.25) is 6.23 Å². The predicted molar refractivity (Wildman–Crippen MR) is 130 cm³/mol. The van der Waals surface area contributed by atoms with Crippen molar-refractivity contribution in [3.8, 4) is 17.2 Å². The zero-order valence-corrected chi connectivity index (χ0v) is 19.8. The van der Waals surface area contributed by atoms with Crippen LogP contribution < -0.4 is 14.2 Å². The van der Waals surface area contributed by atoms with E-state index in [9.17, 15) is 0 Å². The average molecular weight is 443 g/mol. The number of nitrogens with zero attached hydrogens (tertiary/aromatic N) is 2. The molecule has 0 N–H and O–H groups in total. The van der Waals surface area contributed by atoms with Crippen LogP contribution in [0.1, 0.15) is 61.7 Å². The van der Waals surface area contributed by atoms with E-state index in [0.717, 1.165) is 46.1 Å². The first kappa shape index (κ1) is 21.4. The van der Waals surface area contributed by atoms with E-state index < -0.39 is 0 Å². The maximum Gasteiger partial charge on any atom is 0.214 e. The van der Waals surface area contributed by atoms with Gasteiger partial charge < -0.3 is 14.2 Å². The van der Waals surface area contributed by atoms with E-state index in [2.05, 4.69) is 68.2 Å². The summed E-state index contributed by atoms with van der Waals surface area (Å²) in [7, 11) is 3.37. The molecule has 5 heteroatoms. The fourth-order valence-electron chi connectivity index (χ4n) is 4.57. The van der Waals surface area contributed by atoms with Gasteiger partial charge in [0.15, 0.2) is 11.5 Å². The maximum atomic E-state index is 6.57. The minimum Gasteiger partial charge on any atom is -0.497 e. The summed E-state index contributed by atoms with van der Waals surface area (Å²) in [6.45, 7) is 6.67. The van der Waals surface area contributed by atoms with Crippen LogP contribution >= 0.6 is 0 Å². The molecule has 3 aromatic rings. The van der Waals surface area contributed by atoms with Crippen molar-refractivity contribution in [2.24, 2.45) is 5.10 Å². The molecule has 0 unspecified atom stereocenters. The summed E-state index contributed by atoms with van der Waals surface area (Å²) < 4.78 is 17.5. The normalized spacial score (nSPS) is 19.3. The van der Waals surface area contributed by atoms with Gasteiger partial charge in [0.1, 0.15) is 5.75 Å². The number of hydrogen-bond acceptors (Lipinski definition) is 5. The lowest BCUT2D eigenvalue weighted by Crippen LogP contribution is -2.34. The fraction of sp³-hybridized carbons (Fsp3) is 0.321. The maximum absolute atomic E-state index is 6.57. The monoisotopic (exact) mass is 442 g/mol. The lowest BCUT2D eigenvalue weighted by molar-refractivity contribution is -0.0209. The van der Waals surface area contributed by atoms with Crippen molar-refractivity contribution in [2.75, 3.05) is 14.2 Å². The Morgan fingerprint density at radius 3 is 2.27 bits per heavy atom. The average Bonchev–Trinajstić information content (AvgIpc) is 3.28. The van der Waals surface area contributed by atoms with E-state index in [-0.39, 0.29) is 17.7 Å². The fourth-order valence-corrected chi connectivity index (χ4v) is 4.57. The van der Waals surface area contributed by atoms with Gasteiger partial charge >= 0.3 is 0 Å². The minimum absolute atomic E-state index is 0.0771. The summed E-state index contributed by atoms with van der Waals surface area (Å²) in [5.74, 6) is 2.39. The molecule has 0 amide bonds. The van der Waals surface area contributed by atoms with E-state index in [4.69, 9.17) is 19.3 Å². The molecule has 3 aromatic carbocycles. The third-order valence-corrected chi connectivity index (χ3v) is 6.49. The quantitative estimate of drug-likeness (QED) is 0.479. The number of rotatable bonds is 4. The second-order valence-corrected chi connectivity index (χ2v) is 9.60. The molecule has 5 rings (SSSR count). The Morgan fingerprint density at radius 2 is 1.64 bits per heavy atom. The summed E-state index contributed by atoms with van der Waals surface area (Å²) in [5.41, 5.74) is 5.70. The van der Waals surface area contributed by atoms with Crippen LogP contribution in [-0.2, 0) is 5.41 Å². The van der Waals surface area contributed by atoms with Crippen molar-refractivity contribution < 1.29 is 14.2 Å². The van der Waals surface area contributed by atoms with E-state index in [1.807, 2.05) is 24.3 Å². The molecule has 2 atom stereocenters. The molecule has 2 aliphatic rings. The Hall–Kier alpha value is -3.47. The van der Waals surface area contributed by atoms with Gasteiger partial charge in [-0.15, -0.1) is 0 Å². The van der Waals surface area contributed by atoms with Gasteiger partial charge in [-0.2, -0.15) is 5.10 Å². The van der Waals surface area contributed by atoms with Crippen molar-refractivity contribution in [3.63, 3.8) is 0 Å². The van der Waals surface area contributed by atoms with Crippen molar-refractivity contribution in [1.29, 1.82) is 0 Å². The SMILES string of the molecule is COc1ccc(C2=NN3[C@@H](C2)c2cccc(OC)c2O[C@H]3c2ccc(C(C)(C)C)cc2)cc1. The third kappa shape index (κ3) is 3.82. The first-order chi connectivity index (χ1) is 15.9. The van der Waals surface area contributed by atoms with Crippen LogP contribution in [0.25, 0.3) is 0 Å². The lowest BCUT2D eigenvalue weighted by Gasteiger charge is -2.38. The van der Waals surface area contributed by atoms with Gasteiger partial charge in [-0.1, -0.05) is 57.2 Å². The van der Waals surface area contributed by atoms with E-state index in [1.165, 1.54) is 5.56 Å². The molecule has 0 saturated carbocycles. The highest BCUT2D eigenvalue weighted by Crippen LogP contribution is 2.50. The Bertz CT molecular complexity index is 1180. The van der Waals surface area contributed by atoms with Gasteiger partial charge in [-0.25, -0.2) is 5.01 Å². The molecule has 2 aliphatic heterocycles. The highest BCUT2D eigenvalue weighted by atomic mass is 16.5. The second kappa shape index (κ2) is 8.14. The van der Waals surface area contributed by atoms with Gasteiger partial charge in [0, 0.05) is 17.5 Å². The number of methoxy groups -OCH3 is 2. The van der Waals surface area contributed by atoms with Crippen LogP contribution in [-0.4, -0.2) is 24.9 Å². The van der Waals surface area contributed by atoms with Crippen molar-refractivity contribution in [3.05, 3.63) is 89.0 Å². The zero-order chi connectivity index (χ0) is 23.2. The molecular formula is C28H30N2O3. The number of para-hydroxylation sites is 1. The summed E-state index contributed by atoms with van der Waals surface area (Å²) >= 11 is 0. The largest absolute Gasteiger partial charge is 0.497 e. The summed E-state index contributed by atoms with van der Waals surface area (Å²) in [4.78, 5) is 0. The number of benzene rings is 3. The Morgan fingerprint density at radius 1 is 0.909 bits per heavy atom. The van der Waals surface area contributed by atoms with Gasteiger partial charge in [-0.05, 0) is 46.9 Å². The minimum atomic E-state index is -0.330. The molecule has 2 heterocycles. The molecule has 0 aliphatic carbocycles. The molecule has 5 nitrogen and oxygen atoms in total. The molecule has 0 radical (unpaired) electrons. The number of hydrazone groups is 1.